The van der Waals surface area contributed by atoms with Gasteiger partial charge >= 0.3 is 0 Å². The first-order valence-electron chi connectivity index (χ1n) is 19.1. The largest absolute Gasteiger partial charge is 0.386 e. The van der Waals surface area contributed by atoms with Gasteiger partial charge in [0.25, 0.3) is 5.91 Å². The van der Waals surface area contributed by atoms with Crippen molar-refractivity contribution >= 4 is 52.7 Å². The summed E-state index contributed by atoms with van der Waals surface area (Å²) in [7, 11) is 0. The molecule has 1 unspecified atom stereocenters. The fourth-order valence-corrected chi connectivity index (χ4v) is 8.24. The summed E-state index contributed by atoms with van der Waals surface area (Å²) in [6.07, 6.45) is 10.3. The Hall–Kier alpha value is -5.98. The van der Waals surface area contributed by atoms with Crippen LogP contribution in [0, 0.1) is 23.1 Å². The lowest BCUT2D eigenvalue weighted by atomic mass is 9.85. The molecule has 15 heteroatoms. The number of nitrogens with one attached hydrogen (secondary N) is 3. The van der Waals surface area contributed by atoms with Crippen LogP contribution in [0.1, 0.15) is 74.0 Å². The number of benzene rings is 2. The summed E-state index contributed by atoms with van der Waals surface area (Å²) in [5.41, 5.74) is 2.14. The van der Waals surface area contributed by atoms with Gasteiger partial charge in [0, 0.05) is 66.6 Å². The molecular weight excluding hydrogens is 716 g/mol. The Morgan fingerprint density at radius 1 is 1.05 bits per heavy atom. The molecule has 14 nitrogen and oxygen atoms in total. The van der Waals surface area contributed by atoms with Crippen molar-refractivity contribution in [2.75, 3.05) is 41.7 Å². The molecule has 4 aliphatic rings. The zero-order valence-corrected chi connectivity index (χ0v) is 31.3. The molecule has 2 aromatic heterocycles. The highest BCUT2D eigenvalue weighted by atomic mass is 19.1. The van der Waals surface area contributed by atoms with E-state index in [1.54, 1.807) is 44.2 Å². The van der Waals surface area contributed by atoms with Crippen LogP contribution in [-0.4, -0.2) is 86.5 Å². The van der Waals surface area contributed by atoms with E-state index in [1.807, 2.05) is 23.0 Å². The molecule has 1 aliphatic carbocycles. The molecule has 4 aromatic rings. The number of aliphatic hydroxyl groups is 1. The molecule has 0 radical (unpaired) electrons. The number of nitrogens with zero attached hydrogens (tertiary/aromatic N) is 7. The number of hydrogen-bond donors (Lipinski definition) is 4. The number of amides is 3. The average molecular weight is 760 g/mol. The molecule has 8 rings (SSSR count). The zero-order valence-electron chi connectivity index (χ0n) is 31.3. The quantitative estimate of drug-likeness (QED) is 0.156. The number of halogens is 1. The zero-order chi connectivity index (χ0) is 39.1. The SMILES string of the molecule is CC(C)(O)c1cc2c(cc1NC(=O)c1ccc3cc(C#N)cnn13)=C/[N+](=C/C1CCC(N3CCN(c4ccc(NC5CCC(=O)NC5=O)cc4F)CC3)CC1)N=2. The molecule has 3 aliphatic heterocycles. The van der Waals surface area contributed by atoms with Crippen molar-refractivity contribution in [2.45, 2.75) is 70.1 Å². The Morgan fingerprint density at radius 3 is 2.55 bits per heavy atom. The third kappa shape index (κ3) is 7.62. The van der Waals surface area contributed by atoms with Gasteiger partial charge in [-0.05, 0) is 94.5 Å². The van der Waals surface area contributed by atoms with Gasteiger partial charge in [-0.25, -0.2) is 8.91 Å². The van der Waals surface area contributed by atoms with Gasteiger partial charge in [0.1, 0.15) is 29.0 Å². The van der Waals surface area contributed by atoms with E-state index in [0.29, 0.717) is 63.1 Å². The van der Waals surface area contributed by atoms with E-state index in [4.69, 9.17) is 5.10 Å². The van der Waals surface area contributed by atoms with Crippen LogP contribution in [0.25, 0.3) is 11.7 Å². The molecule has 3 fully saturated rings. The lowest BCUT2D eigenvalue weighted by Gasteiger charge is -2.42. The minimum atomic E-state index is -1.26. The van der Waals surface area contributed by atoms with Crippen molar-refractivity contribution in [3.8, 4) is 6.07 Å². The third-order valence-electron chi connectivity index (χ3n) is 11.2. The lowest BCUT2D eigenvalue weighted by molar-refractivity contribution is -0.424. The van der Waals surface area contributed by atoms with Gasteiger partial charge in [-0.2, -0.15) is 10.4 Å². The molecule has 1 saturated carbocycles. The van der Waals surface area contributed by atoms with Gasteiger partial charge in [-0.1, -0.05) is 4.68 Å². The molecule has 4 N–H and O–H groups in total. The summed E-state index contributed by atoms with van der Waals surface area (Å²) < 4.78 is 18.6. The molecule has 2 saturated heterocycles. The molecule has 5 heterocycles. The Balaban J connectivity index is 0.874. The fourth-order valence-electron chi connectivity index (χ4n) is 8.24. The molecule has 0 spiro atoms. The predicted molar refractivity (Wildman–Crippen MR) is 207 cm³/mol. The van der Waals surface area contributed by atoms with E-state index in [9.17, 15) is 24.8 Å². The second kappa shape index (κ2) is 14.9. The normalized spacial score (nSPS) is 22.2. The Kier molecular flexibility index (Phi) is 9.85. The first-order chi connectivity index (χ1) is 26.9. The van der Waals surface area contributed by atoms with Gasteiger partial charge in [0.15, 0.2) is 6.21 Å². The van der Waals surface area contributed by atoms with Crippen LogP contribution in [-0.2, 0) is 15.2 Å². The van der Waals surface area contributed by atoms with Crippen LogP contribution in [0.3, 0.4) is 0 Å². The maximum absolute atomic E-state index is 15.3. The van der Waals surface area contributed by atoms with Crippen molar-refractivity contribution in [3.05, 3.63) is 87.9 Å². The summed E-state index contributed by atoms with van der Waals surface area (Å²) in [6.45, 7) is 6.48. The topological polar surface area (TPSA) is 170 Å². The second-order valence-electron chi connectivity index (χ2n) is 15.5. The molecule has 0 bridgehead atoms. The highest BCUT2D eigenvalue weighted by Gasteiger charge is 2.31. The number of aromatic nitrogens is 2. The lowest BCUT2D eigenvalue weighted by Crippen LogP contribution is -2.51. The third-order valence-corrected chi connectivity index (χ3v) is 11.2. The number of piperidine rings is 1. The van der Waals surface area contributed by atoms with Gasteiger partial charge in [0.05, 0.1) is 33.8 Å². The second-order valence-corrected chi connectivity index (χ2v) is 15.5. The van der Waals surface area contributed by atoms with Crippen LogP contribution in [0.4, 0.5) is 21.5 Å². The van der Waals surface area contributed by atoms with Gasteiger partial charge < -0.3 is 20.6 Å². The van der Waals surface area contributed by atoms with Gasteiger partial charge in [-0.3, -0.25) is 24.6 Å². The van der Waals surface area contributed by atoms with Crippen molar-refractivity contribution in [1.82, 2.24) is 19.8 Å². The maximum Gasteiger partial charge on any atom is 0.274 e. The highest BCUT2D eigenvalue weighted by Crippen LogP contribution is 2.31. The number of hydrogen-bond acceptors (Lipinski definition) is 10. The summed E-state index contributed by atoms with van der Waals surface area (Å²) in [6, 6.07) is 15.6. The number of piperazine rings is 1. The van der Waals surface area contributed by atoms with E-state index in [1.165, 1.54) is 16.8 Å². The molecular formula is C41H44FN10O4+. The number of carbonyl (C=O) groups is 3. The molecule has 2 aromatic carbocycles. The van der Waals surface area contributed by atoms with Crippen molar-refractivity contribution in [3.63, 3.8) is 0 Å². The number of carbonyl (C=O) groups excluding carboxylic acids is 3. The van der Waals surface area contributed by atoms with Gasteiger partial charge in [-0.15, -0.1) is 0 Å². The molecule has 288 valence electrons. The summed E-state index contributed by atoms with van der Waals surface area (Å²) >= 11 is 0. The summed E-state index contributed by atoms with van der Waals surface area (Å²) in [5.74, 6) is -1.07. The van der Waals surface area contributed by atoms with Crippen LogP contribution in [0.5, 0.6) is 0 Å². The standard InChI is InChI=1S/C41H43FN10O4/c1-41(2,56)31-20-34-27(18-35(31)46-40(55)37-11-8-30-17-26(21-43)22-44-52(30)37)24-51(48-34)23-25-3-6-29(7-4-25)49-13-15-50(16-14-49)36-10-5-28(19-32(36)42)45-33-9-12-38(53)47-39(33)54/h5,8,10-11,17-20,22-25,29,33,45,56H,3-4,6-7,9,12-16H2,1-2H3,(H-,46,47,53,54,55)/p+1/b51-23-. The number of fused-ring (bicyclic) bond motifs is 2. The fraction of sp³-hybridized carbons (Fsp3) is 0.390. The molecule has 1 atom stereocenters. The van der Waals surface area contributed by atoms with E-state index in [2.05, 4.69) is 43.1 Å². The first kappa shape index (κ1) is 37.0. The van der Waals surface area contributed by atoms with E-state index >= 15 is 4.39 Å². The Morgan fingerprint density at radius 2 is 1.84 bits per heavy atom. The van der Waals surface area contributed by atoms with Crippen molar-refractivity contribution in [1.29, 1.82) is 5.26 Å². The number of rotatable bonds is 8. The first-order valence-corrected chi connectivity index (χ1v) is 19.1. The van der Waals surface area contributed by atoms with Crippen LogP contribution in [0.2, 0.25) is 0 Å². The number of imide groups is 1. The maximum atomic E-state index is 15.3. The van der Waals surface area contributed by atoms with Gasteiger partial charge in [0.2, 0.25) is 18.0 Å². The predicted octanol–water partition coefficient (Wildman–Crippen LogP) is 2.79. The van der Waals surface area contributed by atoms with Crippen LogP contribution >= 0.6 is 0 Å². The summed E-state index contributed by atoms with van der Waals surface area (Å²) in [4.78, 5) is 41.6. The minimum absolute atomic E-state index is 0.257. The Bertz CT molecular complexity index is 2430. The number of nitriles is 1. The molecule has 3 amide bonds. The van der Waals surface area contributed by atoms with E-state index in [-0.39, 0.29) is 24.1 Å². The van der Waals surface area contributed by atoms with Crippen LogP contribution in [0.15, 0.2) is 59.8 Å². The van der Waals surface area contributed by atoms with Crippen molar-refractivity contribution < 1.29 is 28.6 Å². The van der Waals surface area contributed by atoms with Crippen LogP contribution < -0.4 is 31.4 Å². The monoisotopic (exact) mass is 759 g/mol. The highest BCUT2D eigenvalue weighted by molar-refractivity contribution is 6.04. The minimum Gasteiger partial charge on any atom is -0.386 e. The smallest absolute Gasteiger partial charge is 0.274 e. The van der Waals surface area contributed by atoms with Crippen molar-refractivity contribution in [2.24, 2.45) is 11.0 Å². The number of anilines is 3. The average Bonchev–Trinajstić information content (AvgIpc) is 3.79. The van der Waals surface area contributed by atoms with E-state index < -0.39 is 17.6 Å². The summed E-state index contributed by atoms with van der Waals surface area (Å²) in [5, 5.41) is 39.2. The van der Waals surface area contributed by atoms with E-state index in [0.717, 1.165) is 57.1 Å². The Labute approximate surface area is 322 Å². The molecule has 56 heavy (non-hydrogen) atoms.